The van der Waals surface area contributed by atoms with Crippen LogP contribution in [0.2, 0.25) is 0 Å². The Labute approximate surface area is 150 Å². The highest BCUT2D eigenvalue weighted by molar-refractivity contribution is 5.79. The van der Waals surface area contributed by atoms with Crippen LogP contribution in [0.4, 0.5) is 4.79 Å². The molecule has 0 aromatic heterocycles. The van der Waals surface area contributed by atoms with Crippen molar-refractivity contribution in [3.8, 4) is 0 Å². The second-order valence-corrected chi connectivity index (χ2v) is 7.39. The van der Waals surface area contributed by atoms with Gasteiger partial charge in [-0.1, -0.05) is 30.3 Å². The highest BCUT2D eigenvalue weighted by atomic mass is 16.6. The van der Waals surface area contributed by atoms with Crippen LogP contribution in [-0.4, -0.2) is 37.8 Å². The lowest BCUT2D eigenvalue weighted by molar-refractivity contribution is 0.0504. The van der Waals surface area contributed by atoms with Crippen molar-refractivity contribution in [3.05, 3.63) is 35.9 Å². The van der Waals surface area contributed by atoms with Crippen molar-refractivity contribution in [2.45, 2.75) is 45.3 Å². The average molecular weight is 346 g/mol. The number of rotatable bonds is 6. The molecule has 1 aromatic carbocycles. The summed E-state index contributed by atoms with van der Waals surface area (Å²) in [6, 6.07) is 9.64. The van der Waals surface area contributed by atoms with Gasteiger partial charge in [-0.3, -0.25) is 4.99 Å². The van der Waals surface area contributed by atoms with Gasteiger partial charge in [-0.15, -0.1) is 0 Å². The van der Waals surface area contributed by atoms with Crippen LogP contribution in [0.5, 0.6) is 0 Å². The average Bonchev–Trinajstić information content (AvgIpc) is 3.37. The fourth-order valence-electron chi connectivity index (χ4n) is 2.37. The Morgan fingerprint density at radius 1 is 1.24 bits per heavy atom. The molecule has 2 rings (SSSR count). The zero-order valence-corrected chi connectivity index (χ0v) is 15.6. The van der Waals surface area contributed by atoms with E-state index in [0.717, 1.165) is 24.0 Å². The van der Waals surface area contributed by atoms with E-state index >= 15 is 0 Å². The van der Waals surface area contributed by atoms with Crippen molar-refractivity contribution in [3.63, 3.8) is 0 Å². The summed E-state index contributed by atoms with van der Waals surface area (Å²) in [6.45, 7) is 7.02. The molecule has 0 aliphatic heterocycles. The third-order valence-electron chi connectivity index (χ3n) is 3.85. The Bertz CT molecular complexity index is 577. The lowest BCUT2D eigenvalue weighted by atomic mass is 10.1. The van der Waals surface area contributed by atoms with Crippen molar-refractivity contribution < 1.29 is 9.53 Å². The molecule has 1 aliphatic rings. The quantitative estimate of drug-likeness (QED) is 0.547. The Kier molecular flexibility index (Phi) is 6.67. The first-order valence-electron chi connectivity index (χ1n) is 8.86. The molecule has 6 nitrogen and oxygen atoms in total. The van der Waals surface area contributed by atoms with Gasteiger partial charge in [-0.2, -0.15) is 0 Å². The fourth-order valence-corrected chi connectivity index (χ4v) is 2.37. The smallest absolute Gasteiger partial charge is 0.408 e. The number of guanidine groups is 1. The number of benzene rings is 1. The number of ether oxygens (including phenoxy) is 1. The monoisotopic (exact) mass is 346 g/mol. The highest BCUT2D eigenvalue weighted by Crippen LogP contribution is 2.27. The third-order valence-corrected chi connectivity index (χ3v) is 3.85. The van der Waals surface area contributed by atoms with Crippen LogP contribution in [-0.2, 0) is 4.74 Å². The van der Waals surface area contributed by atoms with Crippen molar-refractivity contribution in [1.82, 2.24) is 16.0 Å². The largest absolute Gasteiger partial charge is 0.444 e. The number of hydrogen-bond acceptors (Lipinski definition) is 3. The molecule has 1 saturated carbocycles. The number of carbonyl (C=O) groups is 1. The molecule has 1 fully saturated rings. The Hall–Kier alpha value is -2.24. The van der Waals surface area contributed by atoms with Crippen molar-refractivity contribution in [1.29, 1.82) is 0 Å². The summed E-state index contributed by atoms with van der Waals surface area (Å²) >= 11 is 0. The van der Waals surface area contributed by atoms with Crippen LogP contribution in [0.3, 0.4) is 0 Å². The zero-order valence-electron chi connectivity index (χ0n) is 15.6. The predicted octanol–water partition coefficient (Wildman–Crippen LogP) is 2.83. The highest BCUT2D eigenvalue weighted by Gasteiger charge is 2.22. The molecule has 1 unspecified atom stereocenters. The van der Waals surface area contributed by atoms with E-state index in [1.165, 1.54) is 12.8 Å². The molecule has 1 atom stereocenters. The number of nitrogens with zero attached hydrogens (tertiary/aromatic N) is 1. The summed E-state index contributed by atoms with van der Waals surface area (Å²) in [6.07, 6.45) is 2.15. The topological polar surface area (TPSA) is 74.8 Å². The lowest BCUT2D eigenvalue weighted by Gasteiger charge is -2.24. The first kappa shape index (κ1) is 19.1. The summed E-state index contributed by atoms with van der Waals surface area (Å²) < 4.78 is 5.39. The van der Waals surface area contributed by atoms with E-state index in [4.69, 9.17) is 4.74 Å². The molecule has 0 spiro atoms. The molecule has 1 amide bonds. The van der Waals surface area contributed by atoms with E-state index in [9.17, 15) is 4.79 Å². The van der Waals surface area contributed by atoms with Gasteiger partial charge in [0, 0.05) is 20.1 Å². The maximum absolute atomic E-state index is 12.2. The minimum atomic E-state index is -0.527. The maximum atomic E-state index is 12.2. The van der Waals surface area contributed by atoms with Gasteiger partial charge in [0.25, 0.3) is 0 Å². The summed E-state index contributed by atoms with van der Waals surface area (Å²) in [5.74, 6) is 1.52. The van der Waals surface area contributed by atoms with E-state index in [1.54, 1.807) is 7.05 Å². The van der Waals surface area contributed by atoms with Gasteiger partial charge in [-0.25, -0.2) is 4.79 Å². The zero-order chi connectivity index (χ0) is 18.3. The molecular formula is C19H30N4O2. The minimum Gasteiger partial charge on any atom is -0.444 e. The third kappa shape index (κ3) is 7.45. The van der Waals surface area contributed by atoms with E-state index in [2.05, 4.69) is 20.9 Å². The predicted molar refractivity (Wildman–Crippen MR) is 101 cm³/mol. The first-order chi connectivity index (χ1) is 11.9. The number of nitrogens with one attached hydrogen (secondary N) is 3. The van der Waals surface area contributed by atoms with Crippen molar-refractivity contribution >= 4 is 12.1 Å². The summed E-state index contributed by atoms with van der Waals surface area (Å²) in [5, 5.41) is 9.55. The van der Waals surface area contributed by atoms with E-state index in [0.29, 0.717) is 6.54 Å². The van der Waals surface area contributed by atoms with Crippen LogP contribution in [0.1, 0.15) is 45.2 Å². The number of amides is 1. The molecule has 0 saturated heterocycles. The van der Waals surface area contributed by atoms with Gasteiger partial charge >= 0.3 is 6.09 Å². The van der Waals surface area contributed by atoms with Gasteiger partial charge in [0.1, 0.15) is 5.60 Å². The molecule has 3 N–H and O–H groups in total. The Morgan fingerprint density at radius 2 is 1.92 bits per heavy atom. The SMILES string of the molecule is CN=C(NCC1CC1)NCC(NC(=O)OC(C)(C)C)c1ccccc1. The minimum absolute atomic E-state index is 0.212. The number of hydrogen-bond donors (Lipinski definition) is 3. The van der Waals surface area contributed by atoms with Crippen LogP contribution in [0.25, 0.3) is 0 Å². The Balaban J connectivity index is 1.95. The van der Waals surface area contributed by atoms with E-state index < -0.39 is 11.7 Å². The molecule has 138 valence electrons. The van der Waals surface area contributed by atoms with Gasteiger partial charge in [-0.05, 0) is 45.1 Å². The Morgan fingerprint density at radius 3 is 2.48 bits per heavy atom. The van der Waals surface area contributed by atoms with Gasteiger partial charge < -0.3 is 20.7 Å². The van der Waals surface area contributed by atoms with Gasteiger partial charge in [0.2, 0.25) is 0 Å². The van der Waals surface area contributed by atoms with Gasteiger partial charge in [0.05, 0.1) is 6.04 Å². The number of aliphatic imine (C=N–C) groups is 1. The van der Waals surface area contributed by atoms with Crippen molar-refractivity contribution in [2.24, 2.45) is 10.9 Å². The van der Waals surface area contributed by atoms with Crippen LogP contribution in [0, 0.1) is 5.92 Å². The van der Waals surface area contributed by atoms with E-state index in [1.807, 2.05) is 51.1 Å². The van der Waals surface area contributed by atoms with Gasteiger partial charge in [0.15, 0.2) is 5.96 Å². The van der Waals surface area contributed by atoms with Crippen LogP contribution < -0.4 is 16.0 Å². The second kappa shape index (κ2) is 8.74. The maximum Gasteiger partial charge on any atom is 0.408 e. The summed E-state index contributed by atoms with van der Waals surface area (Å²) in [7, 11) is 1.75. The molecular weight excluding hydrogens is 316 g/mol. The van der Waals surface area contributed by atoms with Crippen LogP contribution in [0.15, 0.2) is 35.3 Å². The summed E-state index contributed by atoms with van der Waals surface area (Å²) in [5.41, 5.74) is 0.485. The second-order valence-electron chi connectivity index (χ2n) is 7.39. The fraction of sp³-hybridized carbons (Fsp3) is 0.579. The molecule has 1 aliphatic carbocycles. The summed E-state index contributed by atoms with van der Waals surface area (Å²) in [4.78, 5) is 16.4. The molecule has 0 heterocycles. The van der Waals surface area contributed by atoms with E-state index in [-0.39, 0.29) is 6.04 Å². The molecule has 1 aromatic rings. The normalized spacial score (nSPS) is 16.1. The first-order valence-corrected chi connectivity index (χ1v) is 8.86. The standard InChI is InChI=1S/C19H30N4O2/c1-19(2,3)25-18(24)23-16(15-8-6-5-7-9-15)13-22-17(20-4)21-12-14-10-11-14/h5-9,14,16H,10-13H2,1-4H3,(H,23,24)(H2,20,21,22). The van der Waals surface area contributed by atoms with Crippen molar-refractivity contribution in [2.75, 3.05) is 20.1 Å². The van der Waals surface area contributed by atoms with Crippen LogP contribution >= 0.6 is 0 Å². The molecule has 0 radical (unpaired) electrons. The molecule has 6 heteroatoms. The lowest BCUT2D eigenvalue weighted by Crippen LogP contribution is -2.44. The molecule has 0 bridgehead atoms. The number of carbonyl (C=O) groups excluding carboxylic acids is 1. The number of alkyl carbamates (subject to hydrolysis) is 1. The molecule has 25 heavy (non-hydrogen) atoms.